The van der Waals surface area contributed by atoms with Gasteiger partial charge in [-0.1, -0.05) is 61.4 Å². The third kappa shape index (κ3) is 5.34. The van der Waals surface area contributed by atoms with Gasteiger partial charge in [0, 0.05) is 18.9 Å². The number of ether oxygens (including phenoxy) is 1. The number of nitrogens with one attached hydrogen (secondary N) is 2. The second-order valence-electron chi connectivity index (χ2n) is 8.61. The number of alkyl carbamates (subject to hydrolysis) is 1. The van der Waals surface area contributed by atoms with Crippen LogP contribution in [0.3, 0.4) is 0 Å². The molecule has 1 fully saturated rings. The van der Waals surface area contributed by atoms with Gasteiger partial charge < -0.3 is 25.6 Å². The number of carboxylic acids is 1. The minimum Gasteiger partial charge on any atom is -0.480 e. The van der Waals surface area contributed by atoms with Gasteiger partial charge in [0.15, 0.2) is 0 Å². The molecule has 8 heteroatoms. The Morgan fingerprint density at radius 2 is 1.55 bits per heavy atom. The van der Waals surface area contributed by atoms with Crippen LogP contribution in [0, 0.1) is 5.92 Å². The number of benzene rings is 2. The van der Waals surface area contributed by atoms with E-state index in [2.05, 4.69) is 22.8 Å². The fraction of sp³-hybridized carbons (Fsp3) is 0.400. The van der Waals surface area contributed by atoms with Crippen LogP contribution < -0.4 is 10.6 Å². The van der Waals surface area contributed by atoms with Crippen molar-refractivity contribution in [3.05, 3.63) is 59.7 Å². The molecule has 0 heterocycles. The lowest BCUT2D eigenvalue weighted by molar-refractivity contribution is -0.142. The molecule has 174 valence electrons. The molecule has 4 N–H and O–H groups in total. The molecule has 2 atom stereocenters. The number of carbonyl (C=O) groups excluding carboxylic acids is 2. The third-order valence-electron chi connectivity index (χ3n) is 6.25. The van der Waals surface area contributed by atoms with E-state index >= 15 is 0 Å². The van der Waals surface area contributed by atoms with Gasteiger partial charge in [-0.2, -0.15) is 0 Å². The van der Waals surface area contributed by atoms with E-state index in [9.17, 15) is 19.5 Å². The molecule has 0 bridgehead atoms. The first kappa shape index (κ1) is 22.8. The molecule has 2 aliphatic rings. The Hall–Kier alpha value is -3.39. The maximum absolute atomic E-state index is 12.7. The Morgan fingerprint density at radius 1 is 0.939 bits per heavy atom. The summed E-state index contributed by atoms with van der Waals surface area (Å²) in [6.07, 6.45) is 1.53. The predicted molar refractivity (Wildman–Crippen MR) is 121 cm³/mol. The SMILES string of the molecule is O=C(N[C@@H](CC1CC1)C(=O)N[C@H](CCO)C(=O)O)OCC1c2ccccc2-c2ccccc21. The first-order chi connectivity index (χ1) is 16.0. The van der Waals surface area contributed by atoms with Crippen LogP contribution in [0.15, 0.2) is 48.5 Å². The van der Waals surface area contributed by atoms with Crippen LogP contribution in [0.5, 0.6) is 0 Å². The highest BCUT2D eigenvalue weighted by Gasteiger charge is 2.33. The van der Waals surface area contributed by atoms with Crippen LogP contribution in [0.25, 0.3) is 11.1 Å². The molecule has 0 aromatic heterocycles. The summed E-state index contributed by atoms with van der Waals surface area (Å²) in [4.78, 5) is 36.6. The molecule has 4 rings (SSSR count). The van der Waals surface area contributed by atoms with Crippen molar-refractivity contribution < 1.29 is 29.3 Å². The summed E-state index contributed by atoms with van der Waals surface area (Å²) in [7, 11) is 0. The Balaban J connectivity index is 1.40. The van der Waals surface area contributed by atoms with Crippen molar-refractivity contribution in [2.75, 3.05) is 13.2 Å². The molecule has 0 spiro atoms. The second-order valence-corrected chi connectivity index (χ2v) is 8.61. The van der Waals surface area contributed by atoms with Gasteiger partial charge in [0.25, 0.3) is 0 Å². The number of hydrogen-bond acceptors (Lipinski definition) is 5. The Labute approximate surface area is 192 Å². The largest absolute Gasteiger partial charge is 0.480 e. The van der Waals surface area contributed by atoms with Crippen molar-refractivity contribution in [2.45, 2.75) is 43.7 Å². The summed E-state index contributed by atoms with van der Waals surface area (Å²) in [5.41, 5.74) is 4.42. The monoisotopic (exact) mass is 452 g/mol. The number of hydrogen-bond donors (Lipinski definition) is 4. The fourth-order valence-electron chi connectivity index (χ4n) is 4.36. The Morgan fingerprint density at radius 3 is 2.09 bits per heavy atom. The number of aliphatic carboxylic acids is 1. The number of carbonyl (C=O) groups is 3. The van der Waals surface area contributed by atoms with Gasteiger partial charge in [0.05, 0.1) is 0 Å². The summed E-state index contributed by atoms with van der Waals surface area (Å²) in [5.74, 6) is -1.60. The smallest absolute Gasteiger partial charge is 0.407 e. The number of amides is 2. The minimum absolute atomic E-state index is 0.0974. The van der Waals surface area contributed by atoms with Crippen molar-refractivity contribution in [2.24, 2.45) is 5.92 Å². The van der Waals surface area contributed by atoms with E-state index in [1.807, 2.05) is 36.4 Å². The summed E-state index contributed by atoms with van der Waals surface area (Å²) in [6.45, 7) is -0.246. The molecule has 2 amide bonds. The molecule has 2 aliphatic carbocycles. The van der Waals surface area contributed by atoms with E-state index in [4.69, 9.17) is 9.84 Å². The van der Waals surface area contributed by atoms with Gasteiger partial charge >= 0.3 is 12.1 Å². The topological polar surface area (TPSA) is 125 Å². The molecule has 0 unspecified atom stereocenters. The average molecular weight is 453 g/mol. The Bertz CT molecular complexity index is 990. The van der Waals surface area contributed by atoms with Gasteiger partial charge in [-0.25, -0.2) is 9.59 Å². The van der Waals surface area contributed by atoms with Gasteiger partial charge in [-0.15, -0.1) is 0 Å². The van der Waals surface area contributed by atoms with Crippen molar-refractivity contribution in [1.29, 1.82) is 0 Å². The van der Waals surface area contributed by atoms with Gasteiger partial charge in [0.1, 0.15) is 18.7 Å². The highest BCUT2D eigenvalue weighted by atomic mass is 16.5. The average Bonchev–Trinajstić information content (AvgIpc) is 3.57. The number of aliphatic hydroxyl groups excluding tert-OH is 1. The van der Waals surface area contributed by atoms with Crippen LogP contribution in [0.1, 0.15) is 42.7 Å². The molecule has 0 saturated heterocycles. The Kier molecular flexibility index (Phi) is 6.93. The van der Waals surface area contributed by atoms with Gasteiger partial charge in [0.2, 0.25) is 5.91 Å². The summed E-state index contributed by atoms with van der Waals surface area (Å²) < 4.78 is 5.54. The number of fused-ring (bicyclic) bond motifs is 3. The molecular weight excluding hydrogens is 424 g/mol. The maximum Gasteiger partial charge on any atom is 0.407 e. The minimum atomic E-state index is -1.23. The predicted octanol–water partition coefficient (Wildman–Crippen LogP) is 2.65. The number of rotatable bonds is 10. The lowest BCUT2D eigenvalue weighted by atomic mass is 9.98. The molecular formula is C25H28N2O6. The lowest BCUT2D eigenvalue weighted by Gasteiger charge is -2.21. The molecule has 0 aliphatic heterocycles. The van der Waals surface area contributed by atoms with Gasteiger partial charge in [-0.05, 0) is 34.6 Å². The standard InChI is InChI=1S/C25H28N2O6/c28-12-11-21(24(30)31)26-23(29)22(13-15-9-10-15)27-25(32)33-14-20-18-7-3-1-5-16(18)17-6-2-4-8-19(17)20/h1-8,15,20-22,28H,9-14H2,(H,26,29)(H,27,32)(H,30,31)/t21-,22+/m1/s1. The van der Waals surface area contributed by atoms with E-state index in [1.165, 1.54) is 0 Å². The normalized spacial score (nSPS) is 16.3. The quantitative estimate of drug-likeness (QED) is 0.439. The second kappa shape index (κ2) is 10.0. The third-order valence-corrected chi connectivity index (χ3v) is 6.25. The summed E-state index contributed by atoms with van der Waals surface area (Å²) >= 11 is 0. The summed E-state index contributed by atoms with van der Waals surface area (Å²) in [5, 5.41) is 23.3. The zero-order valence-corrected chi connectivity index (χ0v) is 18.2. The van der Waals surface area contributed by atoms with E-state index in [0.29, 0.717) is 12.3 Å². The van der Waals surface area contributed by atoms with Gasteiger partial charge in [-0.3, -0.25) is 4.79 Å². The summed E-state index contributed by atoms with van der Waals surface area (Å²) in [6, 6.07) is 13.9. The lowest BCUT2D eigenvalue weighted by Crippen LogP contribution is -2.52. The highest BCUT2D eigenvalue weighted by Crippen LogP contribution is 2.44. The van der Waals surface area contributed by atoms with Crippen molar-refractivity contribution >= 4 is 18.0 Å². The fourth-order valence-corrected chi connectivity index (χ4v) is 4.36. The van der Waals surface area contributed by atoms with Crippen molar-refractivity contribution in [3.8, 4) is 11.1 Å². The zero-order valence-electron chi connectivity index (χ0n) is 18.2. The zero-order chi connectivity index (χ0) is 23.4. The van der Waals surface area contributed by atoms with E-state index in [0.717, 1.165) is 35.1 Å². The highest BCUT2D eigenvalue weighted by molar-refractivity contribution is 5.89. The number of aliphatic hydroxyl groups is 1. The van der Waals surface area contributed by atoms with E-state index < -0.39 is 30.1 Å². The first-order valence-electron chi connectivity index (χ1n) is 11.2. The first-order valence-corrected chi connectivity index (χ1v) is 11.2. The van der Waals surface area contributed by atoms with E-state index in [-0.39, 0.29) is 25.6 Å². The van der Waals surface area contributed by atoms with E-state index in [1.54, 1.807) is 0 Å². The molecule has 1 saturated carbocycles. The van der Waals surface area contributed by atoms with Crippen LogP contribution in [-0.2, 0) is 14.3 Å². The molecule has 8 nitrogen and oxygen atoms in total. The molecule has 2 aromatic carbocycles. The van der Waals surface area contributed by atoms with Crippen LogP contribution in [0.4, 0.5) is 4.79 Å². The molecule has 33 heavy (non-hydrogen) atoms. The van der Waals surface area contributed by atoms with Crippen LogP contribution >= 0.6 is 0 Å². The number of carboxylic acid groups (broad SMARTS) is 1. The van der Waals surface area contributed by atoms with Crippen molar-refractivity contribution in [3.63, 3.8) is 0 Å². The van der Waals surface area contributed by atoms with Crippen LogP contribution in [0.2, 0.25) is 0 Å². The molecule has 0 radical (unpaired) electrons. The maximum atomic E-state index is 12.7. The molecule has 2 aromatic rings. The van der Waals surface area contributed by atoms with Crippen molar-refractivity contribution in [1.82, 2.24) is 10.6 Å². The van der Waals surface area contributed by atoms with Crippen LogP contribution in [-0.4, -0.2) is 53.5 Å².